The first kappa shape index (κ1) is 18.9. The van der Waals surface area contributed by atoms with Gasteiger partial charge in [-0.2, -0.15) is 10.1 Å². The molecule has 1 aliphatic heterocycles. The third kappa shape index (κ3) is 3.47. The van der Waals surface area contributed by atoms with Gasteiger partial charge < -0.3 is 14.6 Å². The number of carbonyl (C=O) groups is 1. The van der Waals surface area contributed by atoms with E-state index in [9.17, 15) is 4.79 Å². The molecule has 0 saturated carbocycles. The van der Waals surface area contributed by atoms with Gasteiger partial charge >= 0.3 is 0 Å². The standard InChI is InChI=1S/C22H23N5O2S/c1-14-5-7-17(8-6-14)27-20-19(15(2)25-27)30-22(24-20)26-11-9-16(10-12-26)23-21(28)18-4-3-13-29-18/h3-8,13,16H,9-12H2,1-2H3,(H,23,28). The Morgan fingerprint density at radius 3 is 2.63 bits per heavy atom. The van der Waals surface area contributed by atoms with Crippen LogP contribution in [0, 0.1) is 13.8 Å². The molecule has 0 aliphatic carbocycles. The Morgan fingerprint density at radius 2 is 1.93 bits per heavy atom. The first-order valence-corrected chi connectivity index (χ1v) is 10.9. The van der Waals surface area contributed by atoms with Crippen LogP contribution in [-0.4, -0.2) is 39.8 Å². The van der Waals surface area contributed by atoms with Crippen molar-refractivity contribution in [1.29, 1.82) is 0 Å². The van der Waals surface area contributed by atoms with E-state index >= 15 is 0 Å². The van der Waals surface area contributed by atoms with Crippen LogP contribution in [0.1, 0.15) is 34.7 Å². The maximum Gasteiger partial charge on any atom is 0.287 e. The van der Waals surface area contributed by atoms with Crippen LogP contribution in [0.5, 0.6) is 0 Å². The lowest BCUT2D eigenvalue weighted by molar-refractivity contribution is 0.0903. The summed E-state index contributed by atoms with van der Waals surface area (Å²) in [5.74, 6) is 0.215. The third-order valence-corrected chi connectivity index (χ3v) is 6.72. The summed E-state index contributed by atoms with van der Waals surface area (Å²) >= 11 is 1.69. The lowest BCUT2D eigenvalue weighted by Crippen LogP contribution is -2.44. The smallest absolute Gasteiger partial charge is 0.287 e. The van der Waals surface area contributed by atoms with Crippen molar-refractivity contribution in [3.63, 3.8) is 0 Å². The van der Waals surface area contributed by atoms with Crippen LogP contribution in [0.2, 0.25) is 0 Å². The van der Waals surface area contributed by atoms with Gasteiger partial charge in [0, 0.05) is 19.1 Å². The molecule has 1 aromatic carbocycles. The van der Waals surface area contributed by atoms with Gasteiger partial charge in [0.25, 0.3) is 5.91 Å². The molecule has 4 heterocycles. The fourth-order valence-electron chi connectivity index (χ4n) is 3.80. The highest BCUT2D eigenvalue weighted by Gasteiger charge is 2.25. The second-order valence-corrected chi connectivity index (χ2v) is 8.67. The quantitative estimate of drug-likeness (QED) is 0.537. The number of hydrogen-bond donors (Lipinski definition) is 1. The van der Waals surface area contributed by atoms with Gasteiger partial charge in [0.05, 0.1) is 22.3 Å². The average molecular weight is 422 g/mol. The summed E-state index contributed by atoms with van der Waals surface area (Å²) in [4.78, 5) is 19.4. The fraction of sp³-hybridized carbons (Fsp3) is 0.318. The van der Waals surface area contributed by atoms with E-state index in [1.165, 1.54) is 11.8 Å². The maximum absolute atomic E-state index is 12.2. The normalized spacial score (nSPS) is 15.1. The zero-order chi connectivity index (χ0) is 20.7. The summed E-state index contributed by atoms with van der Waals surface area (Å²) in [7, 11) is 0. The molecule has 1 N–H and O–H groups in total. The van der Waals surface area contributed by atoms with Crippen molar-refractivity contribution in [3.8, 4) is 5.69 Å². The minimum atomic E-state index is -0.146. The van der Waals surface area contributed by atoms with Gasteiger partial charge in [0.2, 0.25) is 0 Å². The monoisotopic (exact) mass is 421 g/mol. The number of aromatic nitrogens is 3. The molecule has 154 valence electrons. The Labute approximate surface area is 178 Å². The summed E-state index contributed by atoms with van der Waals surface area (Å²) in [6.07, 6.45) is 3.28. The molecule has 1 saturated heterocycles. The van der Waals surface area contributed by atoms with Gasteiger partial charge in [-0.1, -0.05) is 29.0 Å². The molecule has 1 fully saturated rings. The van der Waals surface area contributed by atoms with Crippen molar-refractivity contribution in [2.24, 2.45) is 0 Å². The lowest BCUT2D eigenvalue weighted by atomic mass is 10.1. The molecule has 7 nitrogen and oxygen atoms in total. The number of amides is 1. The minimum absolute atomic E-state index is 0.146. The van der Waals surface area contributed by atoms with Crippen molar-refractivity contribution in [2.75, 3.05) is 18.0 Å². The van der Waals surface area contributed by atoms with Crippen molar-refractivity contribution in [1.82, 2.24) is 20.1 Å². The molecule has 3 aromatic heterocycles. The Balaban J connectivity index is 1.31. The van der Waals surface area contributed by atoms with Gasteiger partial charge in [0.15, 0.2) is 16.5 Å². The molecule has 0 radical (unpaired) electrons. The number of furan rings is 1. The second-order valence-electron chi connectivity index (χ2n) is 7.69. The van der Waals surface area contributed by atoms with E-state index in [0.717, 1.165) is 52.8 Å². The average Bonchev–Trinajstić information content (AvgIpc) is 3.48. The van der Waals surface area contributed by atoms with E-state index in [0.29, 0.717) is 5.76 Å². The number of benzene rings is 1. The number of rotatable bonds is 4. The predicted molar refractivity (Wildman–Crippen MR) is 118 cm³/mol. The van der Waals surface area contributed by atoms with Crippen LogP contribution in [-0.2, 0) is 0 Å². The first-order valence-electron chi connectivity index (χ1n) is 10.1. The number of hydrogen-bond acceptors (Lipinski definition) is 6. The Kier molecular flexibility index (Phi) is 4.78. The summed E-state index contributed by atoms with van der Waals surface area (Å²) in [6.45, 7) is 5.83. The molecule has 0 atom stereocenters. The number of carbonyl (C=O) groups excluding carboxylic acids is 1. The zero-order valence-corrected chi connectivity index (χ0v) is 17.8. The summed E-state index contributed by atoms with van der Waals surface area (Å²) < 4.78 is 8.23. The number of aryl methyl sites for hydroxylation is 2. The van der Waals surface area contributed by atoms with Crippen LogP contribution >= 0.6 is 11.3 Å². The predicted octanol–water partition coefficient (Wildman–Crippen LogP) is 4.09. The van der Waals surface area contributed by atoms with Crippen molar-refractivity contribution in [2.45, 2.75) is 32.7 Å². The molecule has 0 spiro atoms. The first-order chi connectivity index (χ1) is 14.6. The number of anilines is 1. The van der Waals surface area contributed by atoms with Gasteiger partial charge in [-0.05, 0) is 51.0 Å². The van der Waals surface area contributed by atoms with E-state index in [1.54, 1.807) is 23.5 Å². The second kappa shape index (κ2) is 7.60. The summed E-state index contributed by atoms with van der Waals surface area (Å²) in [5.41, 5.74) is 4.15. The van der Waals surface area contributed by atoms with Crippen LogP contribution in [0.15, 0.2) is 47.1 Å². The highest BCUT2D eigenvalue weighted by molar-refractivity contribution is 7.22. The number of thiazole rings is 1. The van der Waals surface area contributed by atoms with Crippen LogP contribution in [0.4, 0.5) is 5.13 Å². The minimum Gasteiger partial charge on any atom is -0.459 e. The molecule has 1 amide bonds. The highest BCUT2D eigenvalue weighted by atomic mass is 32.1. The molecule has 1 aliphatic rings. The molecule has 0 bridgehead atoms. The van der Waals surface area contributed by atoms with Gasteiger partial charge in [0.1, 0.15) is 0 Å². The molecular weight excluding hydrogens is 398 g/mol. The Bertz CT molecular complexity index is 1170. The van der Waals surface area contributed by atoms with E-state index in [1.807, 2.05) is 11.6 Å². The van der Waals surface area contributed by atoms with E-state index in [-0.39, 0.29) is 11.9 Å². The topological polar surface area (TPSA) is 76.2 Å². The molecule has 0 unspecified atom stereocenters. The number of piperidine rings is 1. The van der Waals surface area contributed by atoms with Gasteiger partial charge in [-0.3, -0.25) is 4.79 Å². The van der Waals surface area contributed by atoms with Crippen molar-refractivity contribution in [3.05, 3.63) is 59.7 Å². The lowest BCUT2D eigenvalue weighted by Gasteiger charge is -2.31. The van der Waals surface area contributed by atoms with E-state index in [2.05, 4.69) is 41.4 Å². The zero-order valence-electron chi connectivity index (χ0n) is 17.0. The largest absolute Gasteiger partial charge is 0.459 e. The Hall–Kier alpha value is -3.13. The van der Waals surface area contributed by atoms with Crippen molar-refractivity contribution >= 4 is 32.7 Å². The number of nitrogens with one attached hydrogen (secondary N) is 1. The van der Waals surface area contributed by atoms with Crippen LogP contribution in [0.3, 0.4) is 0 Å². The molecule has 5 rings (SSSR count). The van der Waals surface area contributed by atoms with Gasteiger partial charge in [-0.15, -0.1) is 0 Å². The maximum atomic E-state index is 12.2. The SMILES string of the molecule is Cc1ccc(-n2nc(C)c3sc(N4CCC(NC(=O)c5ccco5)CC4)nc32)cc1. The molecule has 30 heavy (non-hydrogen) atoms. The van der Waals surface area contributed by atoms with Crippen LogP contribution in [0.25, 0.3) is 16.0 Å². The molecule has 8 heteroatoms. The van der Waals surface area contributed by atoms with Gasteiger partial charge in [-0.25, -0.2) is 4.68 Å². The summed E-state index contributed by atoms with van der Waals surface area (Å²) in [6, 6.07) is 11.9. The van der Waals surface area contributed by atoms with E-state index < -0.39 is 0 Å². The van der Waals surface area contributed by atoms with E-state index in [4.69, 9.17) is 14.5 Å². The van der Waals surface area contributed by atoms with Crippen LogP contribution < -0.4 is 10.2 Å². The highest BCUT2D eigenvalue weighted by Crippen LogP contribution is 2.33. The molecule has 4 aromatic rings. The summed E-state index contributed by atoms with van der Waals surface area (Å²) in [5, 5.41) is 8.78. The fourth-order valence-corrected chi connectivity index (χ4v) is 4.84. The van der Waals surface area contributed by atoms with Crippen molar-refractivity contribution < 1.29 is 9.21 Å². The Morgan fingerprint density at radius 1 is 1.17 bits per heavy atom. The third-order valence-electron chi connectivity index (χ3n) is 5.50. The number of nitrogens with zero attached hydrogens (tertiary/aromatic N) is 4. The number of fused-ring (bicyclic) bond motifs is 1. The molecular formula is C22H23N5O2S.